The second kappa shape index (κ2) is 25.8. The summed E-state index contributed by atoms with van der Waals surface area (Å²) in [5.74, 6) is -2.77. The van der Waals surface area contributed by atoms with Gasteiger partial charge in [-0.3, -0.25) is 53.5 Å². The lowest BCUT2D eigenvalue weighted by molar-refractivity contribution is -0.137. The Labute approximate surface area is 540 Å². The summed E-state index contributed by atoms with van der Waals surface area (Å²) < 4.78 is 18.0. The van der Waals surface area contributed by atoms with E-state index in [-0.39, 0.29) is 97.5 Å². The molecule has 6 aliphatic heterocycles. The number of carbonyl (C=O) groups is 8. The van der Waals surface area contributed by atoms with E-state index in [1.54, 1.807) is 25.4 Å². The van der Waals surface area contributed by atoms with E-state index in [4.69, 9.17) is 9.97 Å². The zero-order valence-electron chi connectivity index (χ0n) is 53.5. The van der Waals surface area contributed by atoms with Crippen molar-refractivity contribution >= 4 is 86.9 Å². The number of aromatic nitrogens is 3. The van der Waals surface area contributed by atoms with Crippen LogP contribution in [0, 0.1) is 12.7 Å². The van der Waals surface area contributed by atoms with Crippen molar-refractivity contribution in [2.24, 2.45) is 0 Å². The van der Waals surface area contributed by atoms with E-state index in [0.717, 1.165) is 72.0 Å². The minimum atomic E-state index is -1.07. The molecule has 0 bridgehead atoms. The van der Waals surface area contributed by atoms with Crippen LogP contribution in [-0.4, -0.2) is 178 Å². The van der Waals surface area contributed by atoms with Gasteiger partial charge in [0, 0.05) is 111 Å². The molecule has 5 fully saturated rings. The van der Waals surface area contributed by atoms with E-state index in [2.05, 4.69) is 58.3 Å². The van der Waals surface area contributed by atoms with E-state index < -0.39 is 40.9 Å². The fourth-order valence-electron chi connectivity index (χ4n) is 14.8. The number of carbonyl (C=O) groups excluding carboxylic acids is 8. The number of benzene rings is 4. The van der Waals surface area contributed by atoms with Gasteiger partial charge in [0.05, 0.1) is 52.7 Å². The molecule has 13 rings (SSSR count). The van der Waals surface area contributed by atoms with Crippen LogP contribution in [0.5, 0.6) is 0 Å². The van der Waals surface area contributed by atoms with Crippen molar-refractivity contribution in [1.29, 1.82) is 0 Å². The highest BCUT2D eigenvalue weighted by Gasteiger charge is 2.56. The first kappa shape index (κ1) is 62.7. The zero-order valence-corrected chi connectivity index (χ0v) is 53.5. The molecule has 6 aromatic rings. The molecule has 486 valence electrons. The van der Waals surface area contributed by atoms with Gasteiger partial charge in [0.25, 0.3) is 17.7 Å². The minimum Gasteiger partial charge on any atom is -0.383 e. The van der Waals surface area contributed by atoms with Gasteiger partial charge in [0.1, 0.15) is 17.4 Å². The Balaban J connectivity index is 0.631. The highest BCUT2D eigenvalue weighted by Crippen LogP contribution is 2.52. The summed E-state index contributed by atoms with van der Waals surface area (Å²) in [7, 11) is 0. The normalized spacial score (nSPS) is 20.8. The van der Waals surface area contributed by atoms with Crippen LogP contribution in [0.4, 0.5) is 33.0 Å². The predicted molar refractivity (Wildman–Crippen MR) is 351 cm³/mol. The molecule has 1 spiro atoms. The number of halogens is 1. The van der Waals surface area contributed by atoms with Crippen molar-refractivity contribution in [3.63, 3.8) is 0 Å². The van der Waals surface area contributed by atoms with E-state index in [1.165, 1.54) is 37.5 Å². The molecule has 5 N–H and O–H groups in total. The predicted octanol–water partition coefficient (Wildman–Crippen LogP) is 7.23. The number of imidazole rings is 1. The van der Waals surface area contributed by atoms with E-state index in [1.807, 2.05) is 73.6 Å². The molecule has 4 saturated heterocycles. The largest absolute Gasteiger partial charge is 0.383 e. The second-order valence-electron chi connectivity index (χ2n) is 26.7. The van der Waals surface area contributed by atoms with Gasteiger partial charge in [0.15, 0.2) is 5.82 Å². The molecule has 22 nitrogen and oxygen atoms in total. The number of amides is 8. The van der Waals surface area contributed by atoms with Crippen LogP contribution in [0.3, 0.4) is 0 Å². The van der Waals surface area contributed by atoms with Crippen molar-refractivity contribution < 1.29 is 42.7 Å². The molecule has 1 saturated carbocycles. The number of piperazine rings is 1. The number of fused-ring (bicyclic) bond motifs is 4. The lowest BCUT2D eigenvalue weighted by atomic mass is 9.73. The standard InChI is InChI=1S/C70H81FN14O8/c1-41(2)75-65(89)50-37-55(52(71)32-43(50)5)77-64-63-56(74-40-83(63)42(3)4)38-54(76-64)45-14-17-51-58(34-45)84(48-35-47(36-48)80-24-7-6-8-25-80)69(93)70(51)20-26-82(27-21-70)61(88)39-79-28-30-81(31-29-79)46-15-12-44(13-16-46)33-60(87)73-23-22-72-53-11-9-10-49-62(53)68(92)85(67(49)91)57-18-19-59(86)78-66(57)90/h9-17,32,34,37-38,40-42,47-48,57,72H,6-8,18-31,33,35-36,39H2,1-5H3,(H,73,87)(H,75,89)(H,76,77)(H,78,86,90)/t47-,48+,57?. The van der Waals surface area contributed by atoms with Crippen LogP contribution in [-0.2, 0) is 35.8 Å². The van der Waals surface area contributed by atoms with Crippen LogP contribution in [0.25, 0.3) is 22.3 Å². The number of anilines is 5. The minimum absolute atomic E-state index is 0.00540. The van der Waals surface area contributed by atoms with E-state index in [9.17, 15) is 33.6 Å². The van der Waals surface area contributed by atoms with Crippen molar-refractivity contribution in [2.45, 2.75) is 134 Å². The number of nitrogens with one attached hydrogen (secondary N) is 5. The number of hydrogen-bond acceptors (Lipinski definition) is 15. The fourth-order valence-corrected chi connectivity index (χ4v) is 14.8. The molecular weight excluding hydrogens is 1180 g/mol. The van der Waals surface area contributed by atoms with Gasteiger partial charge in [-0.25, -0.2) is 14.4 Å². The number of pyridine rings is 1. The van der Waals surface area contributed by atoms with Gasteiger partial charge in [0.2, 0.25) is 29.5 Å². The van der Waals surface area contributed by atoms with Gasteiger partial charge < -0.3 is 45.4 Å². The molecule has 23 heteroatoms. The third kappa shape index (κ3) is 12.2. The van der Waals surface area contributed by atoms with E-state index in [0.29, 0.717) is 84.4 Å². The van der Waals surface area contributed by atoms with E-state index >= 15 is 9.18 Å². The lowest BCUT2D eigenvalue weighted by Gasteiger charge is -2.48. The summed E-state index contributed by atoms with van der Waals surface area (Å²) in [4.78, 5) is 129. The van der Waals surface area contributed by atoms with Gasteiger partial charge in [-0.1, -0.05) is 36.8 Å². The maximum atomic E-state index is 16.0. The van der Waals surface area contributed by atoms with Crippen LogP contribution in [0.2, 0.25) is 0 Å². The topological polar surface area (TPSA) is 247 Å². The number of nitrogens with zero attached hydrogens (tertiary/aromatic N) is 9. The molecule has 7 aliphatic rings. The first-order valence-electron chi connectivity index (χ1n) is 33.0. The number of aryl methyl sites for hydroxylation is 1. The van der Waals surface area contributed by atoms with Crippen LogP contribution < -0.4 is 36.4 Å². The van der Waals surface area contributed by atoms with Gasteiger partial charge in [-0.15, -0.1) is 0 Å². The van der Waals surface area contributed by atoms with Gasteiger partial charge in [-0.2, -0.15) is 0 Å². The molecule has 8 amide bonds. The number of piperidine rings is 3. The van der Waals surface area contributed by atoms with Crippen LogP contribution in [0.15, 0.2) is 85.2 Å². The van der Waals surface area contributed by atoms with Gasteiger partial charge in [-0.05, 0) is 158 Å². The summed E-state index contributed by atoms with van der Waals surface area (Å²) in [5, 5.41) is 14.5. The highest BCUT2D eigenvalue weighted by molar-refractivity contribution is 6.25. The molecule has 1 aliphatic carbocycles. The summed E-state index contributed by atoms with van der Waals surface area (Å²) in [6.45, 7) is 16.3. The summed E-state index contributed by atoms with van der Waals surface area (Å²) in [6, 6.07) is 23.1. The summed E-state index contributed by atoms with van der Waals surface area (Å²) in [6.07, 6.45) is 8.47. The van der Waals surface area contributed by atoms with Crippen molar-refractivity contribution in [2.75, 3.05) is 92.4 Å². The maximum absolute atomic E-state index is 16.0. The Bertz CT molecular complexity index is 3970. The Morgan fingerprint density at radius 3 is 2.26 bits per heavy atom. The Morgan fingerprint density at radius 1 is 0.785 bits per heavy atom. The first-order chi connectivity index (χ1) is 44.8. The Hall–Kier alpha value is -9.09. The zero-order chi connectivity index (χ0) is 65.0. The van der Waals surface area contributed by atoms with Crippen molar-refractivity contribution in [3.05, 3.63) is 124 Å². The Morgan fingerprint density at radius 2 is 1.54 bits per heavy atom. The molecule has 4 aromatic carbocycles. The molecule has 0 radical (unpaired) electrons. The lowest BCUT2D eigenvalue weighted by Crippen LogP contribution is -2.58. The number of likely N-dealkylation sites (tertiary alicyclic amines) is 2. The maximum Gasteiger partial charge on any atom is 0.264 e. The smallest absolute Gasteiger partial charge is 0.264 e. The van der Waals surface area contributed by atoms with Crippen molar-refractivity contribution in [3.8, 4) is 11.3 Å². The molecule has 93 heavy (non-hydrogen) atoms. The molecule has 8 heterocycles. The third-order valence-corrected chi connectivity index (χ3v) is 20.0. The number of imide groups is 2. The average molecular weight is 1270 g/mol. The summed E-state index contributed by atoms with van der Waals surface area (Å²) in [5.41, 5.74) is 7.39. The number of rotatable bonds is 18. The van der Waals surface area contributed by atoms with Crippen LogP contribution >= 0.6 is 0 Å². The third-order valence-electron chi connectivity index (χ3n) is 20.0. The average Bonchev–Trinajstić information content (AvgIpc) is 1.56. The number of hydrogen-bond donors (Lipinski definition) is 5. The second-order valence-corrected chi connectivity index (χ2v) is 26.7. The first-order valence-corrected chi connectivity index (χ1v) is 33.0. The van der Waals surface area contributed by atoms with Gasteiger partial charge >= 0.3 is 0 Å². The molecule has 1 atom stereocenters. The highest BCUT2D eigenvalue weighted by atomic mass is 19.1. The fraction of sp³-hybridized carbons (Fsp3) is 0.457. The van der Waals surface area contributed by atoms with Crippen molar-refractivity contribution in [1.82, 2.24) is 50.1 Å². The monoisotopic (exact) mass is 1260 g/mol. The van der Waals surface area contributed by atoms with Crippen LogP contribution in [0.1, 0.15) is 139 Å². The SMILES string of the molecule is Cc1cc(F)c(Nc2nc(-c3ccc4c(c3)N([C@H]3C[C@@H](N5CCCCC5)C3)C(=O)C43CCN(C(=O)CN4CCN(c5ccc(CC(=O)NCCNc6cccc7c6C(=O)N(C6CCC(=O)NC6=O)C7=O)cc5)CC4)CC3)cc3ncn(C(C)C)c23)cc1C(=O)NC(C)C. The molecule has 2 aromatic heterocycles. The summed E-state index contributed by atoms with van der Waals surface area (Å²) >= 11 is 0. The molecule has 1 unspecified atom stereocenters. The quantitative estimate of drug-likeness (QED) is 0.0421. The molecular formula is C70H81FN14O8. The Kier molecular flexibility index (Phi) is 17.4.